The normalized spacial score (nSPS) is 12.6. The summed E-state index contributed by atoms with van der Waals surface area (Å²) in [5.74, 6) is 0.347. The average molecular weight is 227 g/mol. The zero-order valence-corrected chi connectivity index (χ0v) is 8.86. The third kappa shape index (κ3) is 7.55. The molecule has 0 aromatic carbocycles. The Morgan fingerprint density at radius 3 is 2.20 bits per heavy atom. The zero-order chi connectivity index (χ0) is 11.5. The van der Waals surface area contributed by atoms with Gasteiger partial charge in [0, 0.05) is 11.0 Å². The number of thioether (sulfide) groups is 1. The summed E-state index contributed by atoms with van der Waals surface area (Å²) < 4.78 is 0. The van der Waals surface area contributed by atoms with Crippen molar-refractivity contribution in [3.05, 3.63) is 0 Å². The second-order valence-electron chi connectivity index (χ2n) is 2.50. The Labute approximate surface area is 90.6 Å². The number of carbonyl (C=O) groups excluding carboxylic acids is 3. The van der Waals surface area contributed by atoms with Crippen LogP contribution in [0.25, 0.3) is 0 Å². The van der Waals surface area contributed by atoms with Crippen LogP contribution in [0.15, 0.2) is 15.0 Å². The fourth-order valence-corrected chi connectivity index (χ4v) is 1.52. The van der Waals surface area contributed by atoms with Crippen LogP contribution in [-0.2, 0) is 14.4 Å². The van der Waals surface area contributed by atoms with E-state index in [2.05, 4.69) is 15.0 Å². The minimum Gasteiger partial charge on any atom is -0.211 e. The van der Waals surface area contributed by atoms with Crippen LogP contribution in [0.5, 0.6) is 0 Å². The Balaban J connectivity index is 4.03. The van der Waals surface area contributed by atoms with E-state index in [4.69, 9.17) is 0 Å². The highest BCUT2D eigenvalue weighted by Crippen LogP contribution is 2.13. The van der Waals surface area contributed by atoms with Crippen LogP contribution < -0.4 is 0 Å². The summed E-state index contributed by atoms with van der Waals surface area (Å²) in [5.41, 5.74) is 0. The molecule has 1 unspecified atom stereocenters. The molecule has 0 aliphatic rings. The van der Waals surface area contributed by atoms with Gasteiger partial charge in [-0.1, -0.05) is 6.92 Å². The van der Waals surface area contributed by atoms with E-state index in [1.54, 1.807) is 0 Å². The van der Waals surface area contributed by atoms with Crippen molar-refractivity contribution >= 4 is 30.0 Å². The standard InChI is InChI=1S/C8H9N3O3S/c1-7(2-9-4-12)15-3-8(10-5-13)11-6-14/h7-8H,2-3H2,1H3. The van der Waals surface area contributed by atoms with Crippen molar-refractivity contribution in [3.63, 3.8) is 0 Å². The van der Waals surface area contributed by atoms with E-state index in [0.717, 1.165) is 0 Å². The second-order valence-corrected chi connectivity index (χ2v) is 3.97. The van der Waals surface area contributed by atoms with E-state index in [-0.39, 0.29) is 5.25 Å². The van der Waals surface area contributed by atoms with Crippen LogP contribution in [0.4, 0.5) is 0 Å². The van der Waals surface area contributed by atoms with Crippen molar-refractivity contribution in [2.75, 3.05) is 12.3 Å². The van der Waals surface area contributed by atoms with Crippen LogP contribution in [-0.4, -0.2) is 42.0 Å². The first-order chi connectivity index (χ1) is 7.24. The molecule has 0 heterocycles. The van der Waals surface area contributed by atoms with Gasteiger partial charge >= 0.3 is 0 Å². The van der Waals surface area contributed by atoms with Gasteiger partial charge < -0.3 is 0 Å². The highest BCUT2D eigenvalue weighted by Gasteiger charge is 2.08. The maximum atomic E-state index is 9.95. The number of aliphatic imine (C=N–C) groups is 3. The lowest BCUT2D eigenvalue weighted by Gasteiger charge is -2.07. The van der Waals surface area contributed by atoms with Crippen LogP contribution >= 0.6 is 11.8 Å². The molecular weight excluding hydrogens is 218 g/mol. The van der Waals surface area contributed by atoms with Crippen LogP contribution in [0.1, 0.15) is 6.92 Å². The Hall–Kier alpha value is -1.51. The minimum atomic E-state index is -0.757. The molecule has 0 aliphatic carbocycles. The maximum absolute atomic E-state index is 9.95. The first kappa shape index (κ1) is 13.5. The zero-order valence-electron chi connectivity index (χ0n) is 8.04. The van der Waals surface area contributed by atoms with Gasteiger partial charge in [-0.05, 0) is 0 Å². The molecule has 0 saturated carbocycles. The van der Waals surface area contributed by atoms with Gasteiger partial charge in [-0.25, -0.2) is 19.4 Å². The number of hydrogen-bond acceptors (Lipinski definition) is 7. The number of hydrogen-bond donors (Lipinski definition) is 0. The quantitative estimate of drug-likeness (QED) is 0.466. The molecule has 0 amide bonds. The first-order valence-electron chi connectivity index (χ1n) is 4.03. The molecule has 1 atom stereocenters. The van der Waals surface area contributed by atoms with E-state index >= 15 is 0 Å². The van der Waals surface area contributed by atoms with Crippen LogP contribution in [0.2, 0.25) is 0 Å². The molecule has 0 spiro atoms. The Bertz CT molecular complexity index is 310. The summed E-state index contributed by atoms with van der Waals surface area (Å²) in [5, 5.41) is 0.0673. The number of isocyanates is 3. The van der Waals surface area contributed by atoms with Crippen molar-refractivity contribution in [1.29, 1.82) is 0 Å². The smallest absolute Gasteiger partial charge is 0.211 e. The molecule has 0 rings (SSSR count). The van der Waals surface area contributed by atoms with Crippen LogP contribution in [0.3, 0.4) is 0 Å². The molecule has 0 bridgehead atoms. The van der Waals surface area contributed by atoms with Gasteiger partial charge in [-0.15, -0.1) is 0 Å². The average Bonchev–Trinajstić information content (AvgIpc) is 2.23. The summed E-state index contributed by atoms with van der Waals surface area (Å²) in [7, 11) is 0. The van der Waals surface area contributed by atoms with Crippen LogP contribution in [0, 0.1) is 0 Å². The van der Waals surface area contributed by atoms with Gasteiger partial charge in [0.2, 0.25) is 18.2 Å². The topological polar surface area (TPSA) is 88.3 Å². The summed E-state index contributed by atoms with van der Waals surface area (Å²) in [4.78, 5) is 39.7. The van der Waals surface area contributed by atoms with E-state index in [0.29, 0.717) is 12.3 Å². The van der Waals surface area contributed by atoms with Crippen molar-refractivity contribution in [3.8, 4) is 0 Å². The Kier molecular flexibility index (Phi) is 8.15. The molecular formula is C8H9N3O3S. The molecule has 0 aromatic rings. The molecule has 0 saturated heterocycles. The minimum absolute atomic E-state index is 0.0673. The largest absolute Gasteiger partial charge is 0.237 e. The summed E-state index contributed by atoms with van der Waals surface area (Å²) in [6.45, 7) is 2.17. The fraction of sp³-hybridized carbons (Fsp3) is 0.625. The van der Waals surface area contributed by atoms with E-state index < -0.39 is 6.17 Å². The predicted octanol–water partition coefficient (Wildman–Crippen LogP) is 0.442. The van der Waals surface area contributed by atoms with E-state index in [9.17, 15) is 14.4 Å². The third-order valence-corrected chi connectivity index (χ3v) is 2.55. The van der Waals surface area contributed by atoms with Gasteiger partial charge in [0.05, 0.1) is 6.54 Å². The molecule has 0 N–H and O–H groups in total. The van der Waals surface area contributed by atoms with Gasteiger partial charge in [0.15, 0.2) is 6.17 Å². The molecule has 6 nitrogen and oxygen atoms in total. The third-order valence-electron chi connectivity index (χ3n) is 1.35. The van der Waals surface area contributed by atoms with E-state index in [1.807, 2.05) is 6.92 Å². The van der Waals surface area contributed by atoms with E-state index in [1.165, 1.54) is 30.0 Å². The molecule has 15 heavy (non-hydrogen) atoms. The van der Waals surface area contributed by atoms with Gasteiger partial charge in [0.1, 0.15) is 0 Å². The van der Waals surface area contributed by atoms with Crippen molar-refractivity contribution in [1.82, 2.24) is 0 Å². The fourth-order valence-electron chi connectivity index (χ4n) is 0.694. The highest BCUT2D eigenvalue weighted by molar-refractivity contribution is 7.99. The molecule has 0 fully saturated rings. The summed E-state index contributed by atoms with van der Waals surface area (Å²) in [6.07, 6.45) is 3.32. The van der Waals surface area contributed by atoms with Crippen molar-refractivity contribution < 1.29 is 14.4 Å². The summed E-state index contributed by atoms with van der Waals surface area (Å²) >= 11 is 1.39. The van der Waals surface area contributed by atoms with Crippen molar-refractivity contribution in [2.45, 2.75) is 18.3 Å². The molecule has 0 aliphatic heterocycles. The van der Waals surface area contributed by atoms with Crippen molar-refractivity contribution in [2.24, 2.45) is 15.0 Å². The predicted molar refractivity (Wildman–Crippen MR) is 54.9 cm³/mol. The lowest BCUT2D eigenvalue weighted by molar-refractivity contribution is 0.554. The highest BCUT2D eigenvalue weighted by atomic mass is 32.2. The first-order valence-corrected chi connectivity index (χ1v) is 5.08. The summed E-state index contributed by atoms with van der Waals surface area (Å²) in [6, 6.07) is 0. The Morgan fingerprint density at radius 1 is 1.13 bits per heavy atom. The molecule has 7 heteroatoms. The lowest BCUT2D eigenvalue weighted by atomic mass is 10.5. The monoisotopic (exact) mass is 227 g/mol. The molecule has 0 radical (unpaired) electrons. The molecule has 0 aromatic heterocycles. The maximum Gasteiger partial charge on any atom is 0.237 e. The lowest BCUT2D eigenvalue weighted by Crippen LogP contribution is -2.09. The Morgan fingerprint density at radius 2 is 1.73 bits per heavy atom. The number of nitrogens with zero attached hydrogens (tertiary/aromatic N) is 3. The molecule has 80 valence electrons. The number of rotatable bonds is 7. The van der Waals surface area contributed by atoms with Gasteiger partial charge in [-0.2, -0.15) is 21.7 Å². The SMILES string of the molecule is CC(CN=C=O)SCC(N=C=O)N=C=O. The van der Waals surface area contributed by atoms with Gasteiger partial charge in [0.25, 0.3) is 0 Å². The second kappa shape index (κ2) is 9.06. The van der Waals surface area contributed by atoms with Gasteiger partial charge in [-0.3, -0.25) is 0 Å².